The van der Waals surface area contributed by atoms with E-state index in [-0.39, 0.29) is 23.8 Å². The van der Waals surface area contributed by atoms with Crippen LogP contribution >= 0.6 is 0 Å². The van der Waals surface area contributed by atoms with Crippen molar-refractivity contribution in [3.8, 4) is 0 Å². The van der Waals surface area contributed by atoms with Gasteiger partial charge in [-0.3, -0.25) is 9.48 Å². The molecule has 1 amide bonds. The first-order chi connectivity index (χ1) is 9.95. The van der Waals surface area contributed by atoms with Gasteiger partial charge in [-0.1, -0.05) is 6.07 Å². The number of carbonyl (C=O) groups is 2. The Morgan fingerprint density at radius 2 is 2.10 bits per heavy atom. The maximum absolute atomic E-state index is 11.8. The van der Waals surface area contributed by atoms with Crippen LogP contribution in [0, 0.1) is 13.8 Å². The van der Waals surface area contributed by atoms with E-state index in [0.717, 1.165) is 11.4 Å². The molecule has 2 heterocycles. The third-order valence-electron chi connectivity index (χ3n) is 2.89. The van der Waals surface area contributed by atoms with Crippen LogP contribution in [0.5, 0.6) is 0 Å². The minimum absolute atomic E-state index is 0.105. The second kappa shape index (κ2) is 6.17. The standard InChI is InChI=1S/C14H16N4O3/c1-9-8-10(2)18(17-9)7-6-13(19)16-12-5-3-4-11(15-12)14(20)21/h3-5,8H,6-7H2,1-2H3,(H,20,21)(H,15,16,19). The zero-order valence-electron chi connectivity index (χ0n) is 11.8. The average molecular weight is 288 g/mol. The van der Waals surface area contributed by atoms with Crippen LogP contribution in [0.3, 0.4) is 0 Å². The largest absolute Gasteiger partial charge is 0.477 e. The van der Waals surface area contributed by atoms with Crippen molar-refractivity contribution >= 4 is 17.7 Å². The molecule has 2 N–H and O–H groups in total. The molecule has 2 aromatic heterocycles. The van der Waals surface area contributed by atoms with E-state index in [1.165, 1.54) is 12.1 Å². The highest BCUT2D eigenvalue weighted by Gasteiger charge is 2.09. The van der Waals surface area contributed by atoms with Gasteiger partial charge in [-0.15, -0.1) is 0 Å². The molecule has 0 atom stereocenters. The van der Waals surface area contributed by atoms with Gasteiger partial charge in [0.2, 0.25) is 5.91 Å². The summed E-state index contributed by atoms with van der Waals surface area (Å²) < 4.78 is 1.76. The lowest BCUT2D eigenvalue weighted by Crippen LogP contribution is -2.17. The predicted molar refractivity (Wildman–Crippen MR) is 76.1 cm³/mol. The molecule has 7 nitrogen and oxygen atoms in total. The maximum atomic E-state index is 11.8. The highest BCUT2D eigenvalue weighted by atomic mass is 16.4. The molecule has 2 rings (SSSR count). The molecule has 0 unspecified atom stereocenters. The van der Waals surface area contributed by atoms with Crippen molar-refractivity contribution in [1.29, 1.82) is 0 Å². The molecule has 0 saturated carbocycles. The zero-order valence-corrected chi connectivity index (χ0v) is 11.8. The Hall–Kier alpha value is -2.70. The van der Waals surface area contributed by atoms with E-state index in [1.54, 1.807) is 10.7 Å². The van der Waals surface area contributed by atoms with Gasteiger partial charge in [0.05, 0.1) is 5.69 Å². The highest BCUT2D eigenvalue weighted by molar-refractivity contribution is 5.91. The average Bonchev–Trinajstić information content (AvgIpc) is 2.75. The molecule has 0 bridgehead atoms. The van der Waals surface area contributed by atoms with Gasteiger partial charge in [-0.25, -0.2) is 9.78 Å². The molecule has 0 aromatic carbocycles. The Balaban J connectivity index is 1.94. The molecule has 110 valence electrons. The number of anilines is 1. The molecule has 0 aliphatic carbocycles. The van der Waals surface area contributed by atoms with E-state index < -0.39 is 5.97 Å². The lowest BCUT2D eigenvalue weighted by molar-refractivity contribution is -0.116. The van der Waals surface area contributed by atoms with Gasteiger partial charge in [-0.2, -0.15) is 5.10 Å². The normalized spacial score (nSPS) is 10.4. The third kappa shape index (κ3) is 3.88. The Morgan fingerprint density at radius 1 is 1.33 bits per heavy atom. The predicted octanol–water partition coefficient (Wildman–Crippen LogP) is 1.62. The number of hydrogen-bond acceptors (Lipinski definition) is 4. The van der Waals surface area contributed by atoms with Crippen LogP contribution in [-0.2, 0) is 11.3 Å². The topological polar surface area (TPSA) is 97.1 Å². The molecule has 0 aliphatic heterocycles. The number of nitrogens with one attached hydrogen (secondary N) is 1. The third-order valence-corrected chi connectivity index (χ3v) is 2.89. The van der Waals surface area contributed by atoms with Crippen LogP contribution in [0.4, 0.5) is 5.82 Å². The quantitative estimate of drug-likeness (QED) is 0.871. The van der Waals surface area contributed by atoms with Crippen molar-refractivity contribution in [1.82, 2.24) is 14.8 Å². The van der Waals surface area contributed by atoms with Gasteiger partial charge in [0.15, 0.2) is 5.69 Å². The molecule has 21 heavy (non-hydrogen) atoms. The van der Waals surface area contributed by atoms with E-state index in [2.05, 4.69) is 15.4 Å². The van der Waals surface area contributed by atoms with Crippen molar-refractivity contribution in [2.45, 2.75) is 26.8 Å². The summed E-state index contributed by atoms with van der Waals surface area (Å²) >= 11 is 0. The number of aromatic nitrogens is 3. The van der Waals surface area contributed by atoms with Gasteiger partial charge in [0, 0.05) is 18.7 Å². The van der Waals surface area contributed by atoms with Crippen molar-refractivity contribution < 1.29 is 14.7 Å². The minimum atomic E-state index is -1.13. The van der Waals surface area contributed by atoms with Gasteiger partial charge >= 0.3 is 5.97 Å². The maximum Gasteiger partial charge on any atom is 0.354 e. The van der Waals surface area contributed by atoms with Crippen molar-refractivity contribution in [3.63, 3.8) is 0 Å². The number of carbonyl (C=O) groups excluding carboxylic acids is 1. The van der Waals surface area contributed by atoms with Crippen LogP contribution in [-0.4, -0.2) is 31.7 Å². The lowest BCUT2D eigenvalue weighted by atomic mass is 10.3. The van der Waals surface area contributed by atoms with Crippen LogP contribution in [0.25, 0.3) is 0 Å². The molecule has 0 spiro atoms. The number of nitrogens with zero attached hydrogens (tertiary/aromatic N) is 3. The van der Waals surface area contributed by atoms with E-state index in [9.17, 15) is 9.59 Å². The highest BCUT2D eigenvalue weighted by Crippen LogP contribution is 2.07. The first-order valence-corrected chi connectivity index (χ1v) is 6.47. The Labute approximate surface area is 121 Å². The number of rotatable bonds is 5. The molecule has 0 radical (unpaired) electrons. The number of aryl methyl sites for hydroxylation is 3. The number of carboxylic acids is 1. The summed E-state index contributed by atoms with van der Waals surface area (Å²) in [5.74, 6) is -1.14. The lowest BCUT2D eigenvalue weighted by Gasteiger charge is -2.06. The summed E-state index contributed by atoms with van der Waals surface area (Å²) in [7, 11) is 0. The summed E-state index contributed by atoms with van der Waals surface area (Å²) in [5.41, 5.74) is 1.79. The molecule has 0 saturated heterocycles. The van der Waals surface area contributed by atoms with Crippen LogP contribution < -0.4 is 5.32 Å². The fraction of sp³-hybridized carbons (Fsp3) is 0.286. The van der Waals surface area contributed by atoms with Gasteiger partial charge in [-0.05, 0) is 32.0 Å². The van der Waals surface area contributed by atoms with Gasteiger partial charge in [0.25, 0.3) is 0 Å². The van der Waals surface area contributed by atoms with Crippen LogP contribution in [0.1, 0.15) is 28.3 Å². The molecule has 0 fully saturated rings. The summed E-state index contributed by atoms with van der Waals surface area (Å²) in [4.78, 5) is 26.5. The second-order valence-corrected chi connectivity index (χ2v) is 4.66. The smallest absolute Gasteiger partial charge is 0.354 e. The van der Waals surface area contributed by atoms with E-state index in [0.29, 0.717) is 6.54 Å². The Kier molecular flexibility index (Phi) is 4.32. The number of amides is 1. The fourth-order valence-electron chi connectivity index (χ4n) is 1.94. The van der Waals surface area contributed by atoms with E-state index >= 15 is 0 Å². The number of carboxylic acid groups (broad SMARTS) is 1. The van der Waals surface area contributed by atoms with E-state index in [1.807, 2.05) is 19.9 Å². The summed E-state index contributed by atoms with van der Waals surface area (Å²) in [5, 5.41) is 15.7. The zero-order chi connectivity index (χ0) is 15.4. The van der Waals surface area contributed by atoms with Crippen molar-refractivity contribution in [3.05, 3.63) is 41.3 Å². The summed E-state index contributed by atoms with van der Waals surface area (Å²) in [6, 6.07) is 6.39. The first kappa shape index (κ1) is 14.7. The number of pyridine rings is 1. The summed E-state index contributed by atoms with van der Waals surface area (Å²) in [6.07, 6.45) is 0.237. The molecule has 2 aromatic rings. The van der Waals surface area contributed by atoms with Crippen molar-refractivity contribution in [2.24, 2.45) is 0 Å². The molecule has 7 heteroatoms. The Morgan fingerprint density at radius 3 is 2.71 bits per heavy atom. The molecular formula is C14H16N4O3. The molecule has 0 aliphatic rings. The van der Waals surface area contributed by atoms with Gasteiger partial charge < -0.3 is 10.4 Å². The monoisotopic (exact) mass is 288 g/mol. The van der Waals surface area contributed by atoms with E-state index in [4.69, 9.17) is 5.11 Å². The SMILES string of the molecule is Cc1cc(C)n(CCC(=O)Nc2cccc(C(=O)O)n2)n1. The second-order valence-electron chi connectivity index (χ2n) is 4.66. The van der Waals surface area contributed by atoms with Crippen molar-refractivity contribution in [2.75, 3.05) is 5.32 Å². The molecular weight excluding hydrogens is 272 g/mol. The fourth-order valence-corrected chi connectivity index (χ4v) is 1.94. The number of hydrogen-bond donors (Lipinski definition) is 2. The van der Waals surface area contributed by atoms with Gasteiger partial charge in [0.1, 0.15) is 5.82 Å². The number of aromatic carboxylic acids is 1. The first-order valence-electron chi connectivity index (χ1n) is 6.47. The summed E-state index contributed by atoms with van der Waals surface area (Å²) in [6.45, 7) is 4.28. The Bertz CT molecular complexity index is 679. The van der Waals surface area contributed by atoms with Crippen LogP contribution in [0.2, 0.25) is 0 Å². The van der Waals surface area contributed by atoms with Crippen LogP contribution in [0.15, 0.2) is 24.3 Å². The minimum Gasteiger partial charge on any atom is -0.477 e.